The van der Waals surface area contributed by atoms with Gasteiger partial charge in [0.05, 0.1) is 6.42 Å². The largest absolute Gasteiger partial charge is 0.352 e. The fourth-order valence-electron chi connectivity index (χ4n) is 3.90. The van der Waals surface area contributed by atoms with Crippen LogP contribution in [0.2, 0.25) is 5.02 Å². The lowest BCUT2D eigenvalue weighted by molar-refractivity contribution is -0.140. The summed E-state index contributed by atoms with van der Waals surface area (Å²) in [5, 5.41) is 3.73. The molecule has 4 nitrogen and oxygen atoms in total. The summed E-state index contributed by atoms with van der Waals surface area (Å²) < 4.78 is 0. The standard InChI is InChI=1S/C24H29ClN2O2/c1-17-7-5-9-20(13-17)16-27(18(2)24(29)26-22-11-3-4-12-22)23(28)15-19-8-6-10-21(25)14-19/h5-10,13-14,18,22H,3-4,11-12,15-16H2,1-2H3,(H,26,29). The van der Waals surface area contributed by atoms with Gasteiger partial charge in [0.2, 0.25) is 11.8 Å². The minimum atomic E-state index is -0.539. The van der Waals surface area contributed by atoms with E-state index in [0.717, 1.165) is 42.4 Å². The number of carbonyl (C=O) groups excluding carboxylic acids is 2. The molecule has 1 aliphatic rings. The zero-order valence-electron chi connectivity index (χ0n) is 17.2. The molecular formula is C24H29ClN2O2. The highest BCUT2D eigenvalue weighted by Crippen LogP contribution is 2.19. The summed E-state index contributed by atoms with van der Waals surface area (Å²) in [7, 11) is 0. The second-order valence-electron chi connectivity index (χ2n) is 7.98. The van der Waals surface area contributed by atoms with Crippen LogP contribution in [0.15, 0.2) is 48.5 Å². The van der Waals surface area contributed by atoms with Gasteiger partial charge < -0.3 is 10.2 Å². The zero-order chi connectivity index (χ0) is 20.8. The van der Waals surface area contributed by atoms with E-state index in [0.29, 0.717) is 11.6 Å². The van der Waals surface area contributed by atoms with Gasteiger partial charge in [-0.15, -0.1) is 0 Å². The smallest absolute Gasteiger partial charge is 0.242 e. The highest BCUT2D eigenvalue weighted by molar-refractivity contribution is 6.30. The number of aryl methyl sites for hydroxylation is 1. The minimum absolute atomic E-state index is 0.0796. The van der Waals surface area contributed by atoms with Crippen molar-refractivity contribution in [1.82, 2.24) is 10.2 Å². The Morgan fingerprint density at radius 2 is 1.79 bits per heavy atom. The molecule has 1 unspecified atom stereocenters. The van der Waals surface area contributed by atoms with E-state index in [4.69, 9.17) is 11.6 Å². The molecule has 29 heavy (non-hydrogen) atoms. The van der Waals surface area contributed by atoms with Crippen molar-refractivity contribution in [3.8, 4) is 0 Å². The minimum Gasteiger partial charge on any atom is -0.352 e. The first-order chi connectivity index (χ1) is 13.9. The third kappa shape index (κ3) is 6.07. The Hall–Kier alpha value is -2.33. The molecule has 0 heterocycles. The van der Waals surface area contributed by atoms with Gasteiger partial charge in [-0.3, -0.25) is 9.59 Å². The molecule has 1 fully saturated rings. The fraction of sp³-hybridized carbons (Fsp3) is 0.417. The maximum atomic E-state index is 13.2. The van der Waals surface area contributed by atoms with Crippen molar-refractivity contribution in [1.29, 1.82) is 0 Å². The van der Waals surface area contributed by atoms with Crippen LogP contribution < -0.4 is 5.32 Å². The van der Waals surface area contributed by atoms with E-state index in [1.807, 2.05) is 44.2 Å². The maximum Gasteiger partial charge on any atom is 0.242 e. The third-order valence-corrected chi connectivity index (χ3v) is 5.78. The molecule has 0 bridgehead atoms. The predicted octanol–water partition coefficient (Wildman–Crippen LogP) is 4.67. The van der Waals surface area contributed by atoms with Gasteiger partial charge in [-0.25, -0.2) is 0 Å². The van der Waals surface area contributed by atoms with Crippen LogP contribution in [0.5, 0.6) is 0 Å². The Labute approximate surface area is 178 Å². The van der Waals surface area contributed by atoms with Crippen molar-refractivity contribution in [2.24, 2.45) is 0 Å². The molecule has 2 aromatic carbocycles. The monoisotopic (exact) mass is 412 g/mol. The van der Waals surface area contributed by atoms with Crippen molar-refractivity contribution in [2.75, 3.05) is 0 Å². The summed E-state index contributed by atoms with van der Waals surface area (Å²) in [6.45, 7) is 4.24. The lowest BCUT2D eigenvalue weighted by Gasteiger charge is -2.30. The Kier molecular flexibility index (Phi) is 7.32. The number of carbonyl (C=O) groups is 2. The molecule has 0 aromatic heterocycles. The van der Waals surface area contributed by atoms with E-state index in [9.17, 15) is 9.59 Å². The van der Waals surface area contributed by atoms with Gasteiger partial charge in [-0.05, 0) is 49.9 Å². The molecule has 0 saturated heterocycles. The number of halogens is 1. The number of amides is 2. The van der Waals surface area contributed by atoms with Gasteiger partial charge in [0.1, 0.15) is 6.04 Å². The first kappa shape index (κ1) is 21.4. The number of nitrogens with zero attached hydrogens (tertiary/aromatic N) is 1. The van der Waals surface area contributed by atoms with Crippen LogP contribution in [-0.2, 0) is 22.6 Å². The van der Waals surface area contributed by atoms with Crippen molar-refractivity contribution in [3.63, 3.8) is 0 Å². The summed E-state index contributed by atoms with van der Waals surface area (Å²) >= 11 is 6.07. The van der Waals surface area contributed by atoms with Crippen LogP contribution in [0.3, 0.4) is 0 Å². The molecule has 3 rings (SSSR count). The van der Waals surface area contributed by atoms with Crippen molar-refractivity contribution in [2.45, 2.75) is 64.6 Å². The molecular weight excluding hydrogens is 384 g/mol. The average Bonchev–Trinajstić information content (AvgIpc) is 3.18. The molecule has 1 atom stereocenters. The second-order valence-corrected chi connectivity index (χ2v) is 8.42. The highest BCUT2D eigenvalue weighted by atomic mass is 35.5. The van der Waals surface area contributed by atoms with Crippen LogP contribution >= 0.6 is 11.6 Å². The number of hydrogen-bond donors (Lipinski definition) is 1. The van der Waals surface area contributed by atoms with E-state index in [-0.39, 0.29) is 24.3 Å². The summed E-state index contributed by atoms with van der Waals surface area (Å²) in [5.41, 5.74) is 3.00. The second kappa shape index (κ2) is 9.93. The molecule has 2 amide bonds. The molecule has 5 heteroatoms. The van der Waals surface area contributed by atoms with Gasteiger partial charge in [-0.1, -0.05) is 66.4 Å². The van der Waals surface area contributed by atoms with Crippen LogP contribution in [0.4, 0.5) is 0 Å². The summed E-state index contributed by atoms with van der Waals surface area (Å²) in [4.78, 5) is 27.8. The van der Waals surface area contributed by atoms with Gasteiger partial charge in [0.15, 0.2) is 0 Å². The van der Waals surface area contributed by atoms with Crippen molar-refractivity contribution in [3.05, 3.63) is 70.2 Å². The van der Waals surface area contributed by atoms with E-state index in [2.05, 4.69) is 11.4 Å². The Bertz CT molecular complexity index is 861. The first-order valence-electron chi connectivity index (χ1n) is 10.3. The molecule has 1 aliphatic carbocycles. The van der Waals surface area contributed by atoms with Gasteiger partial charge in [-0.2, -0.15) is 0 Å². The number of hydrogen-bond acceptors (Lipinski definition) is 2. The Morgan fingerprint density at radius 1 is 1.10 bits per heavy atom. The van der Waals surface area contributed by atoms with Gasteiger partial charge in [0.25, 0.3) is 0 Å². The van der Waals surface area contributed by atoms with E-state index < -0.39 is 6.04 Å². The summed E-state index contributed by atoms with van der Waals surface area (Å²) in [6, 6.07) is 15.1. The fourth-order valence-corrected chi connectivity index (χ4v) is 4.12. The number of benzene rings is 2. The normalized spacial score (nSPS) is 15.1. The quantitative estimate of drug-likeness (QED) is 0.718. The molecule has 0 aliphatic heterocycles. The van der Waals surface area contributed by atoms with Crippen LogP contribution in [0, 0.1) is 6.92 Å². The molecule has 1 saturated carbocycles. The Morgan fingerprint density at radius 3 is 2.48 bits per heavy atom. The molecule has 0 radical (unpaired) electrons. The Balaban J connectivity index is 1.77. The average molecular weight is 413 g/mol. The van der Waals surface area contributed by atoms with Gasteiger partial charge >= 0.3 is 0 Å². The third-order valence-electron chi connectivity index (χ3n) is 5.55. The van der Waals surface area contributed by atoms with Crippen LogP contribution in [0.25, 0.3) is 0 Å². The number of nitrogens with one attached hydrogen (secondary N) is 1. The van der Waals surface area contributed by atoms with Gasteiger partial charge in [0, 0.05) is 17.6 Å². The SMILES string of the molecule is Cc1cccc(CN(C(=O)Cc2cccc(Cl)c2)C(C)C(=O)NC2CCCC2)c1. The molecule has 0 spiro atoms. The van der Waals surface area contributed by atoms with Crippen LogP contribution in [0.1, 0.15) is 49.3 Å². The lowest BCUT2D eigenvalue weighted by atomic mass is 10.1. The molecule has 2 aromatic rings. The molecule has 1 N–H and O–H groups in total. The summed E-state index contributed by atoms with van der Waals surface area (Å²) in [6.07, 6.45) is 4.56. The van der Waals surface area contributed by atoms with Crippen molar-refractivity contribution >= 4 is 23.4 Å². The molecule has 154 valence electrons. The number of rotatable bonds is 7. The zero-order valence-corrected chi connectivity index (χ0v) is 17.9. The predicted molar refractivity (Wildman–Crippen MR) is 117 cm³/mol. The van der Waals surface area contributed by atoms with E-state index in [1.165, 1.54) is 0 Å². The lowest BCUT2D eigenvalue weighted by Crippen LogP contribution is -2.50. The first-order valence-corrected chi connectivity index (χ1v) is 10.7. The summed E-state index contributed by atoms with van der Waals surface area (Å²) in [5.74, 6) is -0.160. The van der Waals surface area contributed by atoms with Crippen molar-refractivity contribution < 1.29 is 9.59 Å². The topological polar surface area (TPSA) is 49.4 Å². The van der Waals surface area contributed by atoms with E-state index in [1.54, 1.807) is 17.0 Å². The van der Waals surface area contributed by atoms with E-state index >= 15 is 0 Å². The maximum absolute atomic E-state index is 13.2. The highest BCUT2D eigenvalue weighted by Gasteiger charge is 2.28. The van der Waals surface area contributed by atoms with Crippen LogP contribution in [-0.4, -0.2) is 28.8 Å².